The van der Waals surface area contributed by atoms with Crippen molar-refractivity contribution in [1.29, 1.82) is 0 Å². The number of hydrazine groups is 1. The number of rotatable bonds is 6. The number of hydrogen-bond acceptors (Lipinski definition) is 13. The van der Waals surface area contributed by atoms with Crippen LogP contribution in [0.4, 0.5) is 5.69 Å². The van der Waals surface area contributed by atoms with Gasteiger partial charge in [-0.15, -0.1) is 0 Å². The van der Waals surface area contributed by atoms with E-state index in [1.54, 1.807) is 12.2 Å². The number of hydrogen-bond donors (Lipinski definition) is 10. The number of aromatic nitrogens is 1. The summed E-state index contributed by atoms with van der Waals surface area (Å²) in [4.78, 5) is 32.8. The number of nitrogens with zero attached hydrogens (tertiary/aromatic N) is 2. The zero-order chi connectivity index (χ0) is 31.2. The number of aliphatic hydroxyl groups excluding tert-OH is 8. The van der Waals surface area contributed by atoms with Crippen LogP contribution in [0, 0.1) is 0 Å². The normalized spacial score (nSPS) is 29.1. The number of carbonyl (C=O) groups excluding carboxylic acids is 2. The molecule has 10 N–H and O–H groups in total. The van der Waals surface area contributed by atoms with E-state index in [4.69, 9.17) is 4.74 Å². The molecule has 0 bridgehead atoms. The monoisotopic (exact) mass is 610 g/mol. The van der Waals surface area contributed by atoms with E-state index in [0.29, 0.717) is 16.5 Å². The highest BCUT2D eigenvalue weighted by Gasteiger charge is 2.52. The second-order valence-electron chi connectivity index (χ2n) is 11.3. The average Bonchev–Trinajstić information content (AvgIpc) is 3.63. The lowest BCUT2D eigenvalue weighted by Gasteiger charge is -2.46. The van der Waals surface area contributed by atoms with Crippen LogP contribution in [0.15, 0.2) is 36.1 Å². The van der Waals surface area contributed by atoms with Crippen molar-refractivity contribution in [2.24, 2.45) is 0 Å². The van der Waals surface area contributed by atoms with Crippen LogP contribution in [0.2, 0.25) is 0 Å². The Bertz CT molecular complexity index is 1820. The first-order chi connectivity index (χ1) is 21.1. The molecule has 2 aromatic rings. The topological polar surface area (TPSA) is 240 Å². The van der Waals surface area contributed by atoms with Crippen molar-refractivity contribution in [2.75, 3.05) is 24.7 Å². The third kappa shape index (κ3) is 3.79. The first-order valence-corrected chi connectivity index (χ1v) is 14.0. The van der Waals surface area contributed by atoms with Crippen molar-refractivity contribution in [2.45, 2.75) is 49.1 Å². The predicted molar refractivity (Wildman–Crippen MR) is 151 cm³/mol. The Labute approximate surface area is 247 Å². The minimum absolute atomic E-state index is 0.000516. The van der Waals surface area contributed by atoms with Gasteiger partial charge < -0.3 is 55.5 Å². The van der Waals surface area contributed by atoms with Gasteiger partial charge in [0.2, 0.25) is 0 Å². The van der Waals surface area contributed by atoms with Crippen molar-refractivity contribution in [1.82, 2.24) is 15.4 Å². The number of carbonyl (C=O) groups is 2. The number of aliphatic hydroxyl groups is 8. The molecule has 5 aliphatic rings. The van der Waals surface area contributed by atoms with Gasteiger partial charge in [0.05, 0.1) is 59.6 Å². The maximum absolute atomic E-state index is 14.1. The SMILES string of the molecule is O=C1c2c(c3c4c([nH]c3c3c2=C2C=CC(O)=CC2N3C2OC(CO)C(O)C(O)C2O)=C(O)C=CC4)C(=O)N1NC(CO)CO. The molecule has 0 spiro atoms. The first-order valence-electron chi connectivity index (χ1n) is 14.0. The van der Waals surface area contributed by atoms with Crippen LogP contribution in [-0.4, -0.2) is 125 Å². The Hall–Kier alpha value is -4.06. The summed E-state index contributed by atoms with van der Waals surface area (Å²) in [5.41, 5.74) is 4.01. The molecule has 0 radical (unpaired) electrons. The molecule has 232 valence electrons. The highest BCUT2D eigenvalue weighted by atomic mass is 16.6. The third-order valence-corrected chi connectivity index (χ3v) is 8.84. The number of H-pyrrole nitrogens is 1. The summed E-state index contributed by atoms with van der Waals surface area (Å²) in [6.07, 6.45) is -0.0367. The summed E-state index contributed by atoms with van der Waals surface area (Å²) in [6.45, 7) is -1.86. The van der Waals surface area contributed by atoms with E-state index in [1.807, 2.05) is 0 Å². The van der Waals surface area contributed by atoms with Gasteiger partial charge >= 0.3 is 0 Å². The molecule has 15 nitrogen and oxygen atoms in total. The fourth-order valence-corrected chi connectivity index (χ4v) is 6.78. The Balaban J connectivity index is 1.57. The lowest BCUT2D eigenvalue weighted by atomic mass is 9.93. The molecular formula is C29H30N4O11. The number of ether oxygens (including phenoxy) is 1. The van der Waals surface area contributed by atoms with E-state index in [2.05, 4.69) is 10.4 Å². The zero-order valence-corrected chi connectivity index (χ0v) is 23.0. The van der Waals surface area contributed by atoms with Crippen LogP contribution < -0.4 is 20.9 Å². The van der Waals surface area contributed by atoms with Gasteiger partial charge in [0, 0.05) is 10.6 Å². The average molecular weight is 611 g/mol. The van der Waals surface area contributed by atoms with Crippen LogP contribution in [0.1, 0.15) is 26.3 Å². The van der Waals surface area contributed by atoms with E-state index in [0.717, 1.165) is 5.01 Å². The van der Waals surface area contributed by atoms with Gasteiger partial charge in [-0.1, -0.05) is 12.2 Å². The van der Waals surface area contributed by atoms with E-state index in [1.165, 1.54) is 23.1 Å². The van der Waals surface area contributed by atoms with E-state index < -0.39 is 74.4 Å². The number of anilines is 1. The number of aromatic amines is 1. The largest absolute Gasteiger partial charge is 0.508 e. The van der Waals surface area contributed by atoms with Crippen molar-refractivity contribution in [3.8, 4) is 0 Å². The Kier molecular flexibility index (Phi) is 6.69. The summed E-state index contributed by atoms with van der Waals surface area (Å²) in [5.74, 6) is -1.84. The highest BCUT2D eigenvalue weighted by molar-refractivity contribution is 6.29. The standard InChI is InChI=1S/C29H30N4O11/c34-7-10(8-35)31-33-27(42)19-17-13-2-1-3-15(38)21(13)30-22(17)23-18(20(19)28(33)43)12-5-4-11(37)6-14(12)32(23)29-26(41)25(40)24(39)16(9-36)44-29/h1,3-6,10,14,16,24-26,29-31,34-41H,2,7-9H2. The molecule has 6 unspecified atom stereocenters. The smallest absolute Gasteiger partial charge is 0.276 e. The molecule has 1 saturated heterocycles. The molecule has 1 aromatic heterocycles. The number of amides is 2. The van der Waals surface area contributed by atoms with Gasteiger partial charge in [0.1, 0.15) is 35.9 Å². The Morgan fingerprint density at radius 1 is 0.977 bits per heavy atom. The summed E-state index contributed by atoms with van der Waals surface area (Å²) in [5, 5.41) is 84.5. The van der Waals surface area contributed by atoms with Gasteiger partial charge in [-0.3, -0.25) is 9.59 Å². The van der Waals surface area contributed by atoms with E-state index >= 15 is 0 Å². The zero-order valence-electron chi connectivity index (χ0n) is 23.0. The third-order valence-electron chi connectivity index (χ3n) is 8.84. The molecule has 15 heteroatoms. The van der Waals surface area contributed by atoms with Crippen LogP contribution in [0.25, 0.3) is 22.2 Å². The molecule has 1 fully saturated rings. The number of benzene rings is 1. The highest BCUT2D eigenvalue weighted by Crippen LogP contribution is 2.43. The van der Waals surface area contributed by atoms with E-state index in [9.17, 15) is 50.4 Å². The molecular weight excluding hydrogens is 580 g/mol. The lowest BCUT2D eigenvalue weighted by Crippen LogP contribution is -2.64. The van der Waals surface area contributed by atoms with Gasteiger partial charge in [0.25, 0.3) is 11.8 Å². The molecule has 4 heterocycles. The first kappa shape index (κ1) is 28.7. The van der Waals surface area contributed by atoms with Crippen LogP contribution in [0.3, 0.4) is 0 Å². The van der Waals surface area contributed by atoms with Crippen molar-refractivity contribution in [3.63, 3.8) is 0 Å². The quantitative estimate of drug-likeness (QED) is 0.143. The molecule has 6 atom stereocenters. The fraction of sp³-hybridized carbons (Fsp3) is 0.379. The second-order valence-corrected chi connectivity index (χ2v) is 11.3. The van der Waals surface area contributed by atoms with Crippen LogP contribution in [0.5, 0.6) is 0 Å². The van der Waals surface area contributed by atoms with Crippen LogP contribution in [-0.2, 0) is 11.2 Å². The maximum Gasteiger partial charge on any atom is 0.276 e. The molecule has 2 aliphatic carbocycles. The molecule has 3 aliphatic heterocycles. The van der Waals surface area contributed by atoms with Gasteiger partial charge in [-0.25, -0.2) is 10.4 Å². The number of imide groups is 1. The molecule has 0 saturated carbocycles. The van der Waals surface area contributed by atoms with Crippen molar-refractivity contribution >= 4 is 39.7 Å². The van der Waals surface area contributed by atoms with Crippen molar-refractivity contribution < 1.29 is 55.2 Å². The minimum atomic E-state index is -1.74. The minimum Gasteiger partial charge on any atom is -0.508 e. The summed E-state index contributed by atoms with van der Waals surface area (Å²) < 4.78 is 5.95. The second kappa shape index (κ2) is 10.3. The fourth-order valence-electron chi connectivity index (χ4n) is 6.78. The number of fused-ring (bicyclic) bond motifs is 9. The van der Waals surface area contributed by atoms with Crippen LogP contribution >= 0.6 is 0 Å². The summed E-state index contributed by atoms with van der Waals surface area (Å²) >= 11 is 0. The molecule has 1 aromatic carbocycles. The molecule has 44 heavy (non-hydrogen) atoms. The van der Waals surface area contributed by atoms with Crippen molar-refractivity contribution in [3.05, 3.63) is 63.4 Å². The molecule has 2 amide bonds. The van der Waals surface area contributed by atoms with E-state index in [-0.39, 0.29) is 50.8 Å². The Morgan fingerprint density at radius 2 is 1.70 bits per heavy atom. The summed E-state index contributed by atoms with van der Waals surface area (Å²) in [7, 11) is 0. The maximum atomic E-state index is 14.1. The van der Waals surface area contributed by atoms with Gasteiger partial charge in [-0.05, 0) is 35.8 Å². The predicted octanol–water partition coefficient (Wildman–Crippen LogP) is -3.45. The van der Waals surface area contributed by atoms with Gasteiger partial charge in [0.15, 0.2) is 6.23 Å². The Morgan fingerprint density at radius 3 is 2.41 bits per heavy atom. The number of nitrogens with one attached hydrogen (secondary N) is 2. The lowest BCUT2D eigenvalue weighted by molar-refractivity contribution is -0.228. The number of allylic oxidation sites excluding steroid dienone is 2. The molecule has 7 rings (SSSR count). The van der Waals surface area contributed by atoms with Gasteiger partial charge in [-0.2, -0.15) is 0 Å². The summed E-state index contributed by atoms with van der Waals surface area (Å²) in [6, 6.07) is -1.96.